The van der Waals surface area contributed by atoms with E-state index in [0.717, 1.165) is 25.7 Å². The number of epoxide rings is 1. The summed E-state index contributed by atoms with van der Waals surface area (Å²) in [7, 11) is 0. The molecule has 1 N–H and O–H groups in total. The number of aliphatic hydroxyl groups excluding tert-OH is 1. The molecule has 2 aromatic carbocycles. The van der Waals surface area contributed by atoms with Crippen molar-refractivity contribution in [3.63, 3.8) is 0 Å². The SMILES string of the molecule is CC(O)c1ccc(/C=C/C2CCC(c3ccc(C4CO4)c(F)c3F)CC2)c(F)c1. The predicted molar refractivity (Wildman–Crippen MR) is 106 cm³/mol. The van der Waals surface area contributed by atoms with Gasteiger partial charge in [0.2, 0.25) is 0 Å². The Hall–Kier alpha value is -2.11. The van der Waals surface area contributed by atoms with Gasteiger partial charge in [0.05, 0.1) is 12.7 Å². The second kappa shape index (κ2) is 8.33. The molecule has 154 valence electrons. The van der Waals surface area contributed by atoms with Crippen LogP contribution in [0.25, 0.3) is 6.08 Å². The first-order valence-corrected chi connectivity index (χ1v) is 10.2. The first-order chi connectivity index (χ1) is 13.9. The van der Waals surface area contributed by atoms with Crippen molar-refractivity contribution in [3.8, 4) is 0 Å². The molecule has 2 fully saturated rings. The van der Waals surface area contributed by atoms with Gasteiger partial charge in [-0.05, 0) is 61.6 Å². The van der Waals surface area contributed by atoms with E-state index >= 15 is 0 Å². The van der Waals surface area contributed by atoms with Crippen molar-refractivity contribution in [2.24, 2.45) is 5.92 Å². The van der Waals surface area contributed by atoms with Crippen LogP contribution in [0.1, 0.15) is 73.0 Å². The van der Waals surface area contributed by atoms with E-state index < -0.39 is 17.7 Å². The van der Waals surface area contributed by atoms with E-state index in [-0.39, 0.29) is 23.8 Å². The molecule has 2 aromatic rings. The summed E-state index contributed by atoms with van der Waals surface area (Å²) >= 11 is 0. The third-order valence-electron chi connectivity index (χ3n) is 6.09. The summed E-state index contributed by atoms with van der Waals surface area (Å²) in [5.74, 6) is -1.58. The molecule has 0 radical (unpaired) electrons. The van der Waals surface area contributed by atoms with Crippen LogP contribution >= 0.6 is 0 Å². The number of rotatable bonds is 5. The molecule has 5 heteroatoms. The Kier molecular flexibility index (Phi) is 5.79. The molecular formula is C24H25F3O2. The van der Waals surface area contributed by atoms with Gasteiger partial charge in [-0.15, -0.1) is 0 Å². The molecule has 1 saturated carbocycles. The first kappa shape index (κ1) is 20.2. The molecule has 2 aliphatic rings. The molecule has 2 atom stereocenters. The number of ether oxygens (including phenoxy) is 1. The van der Waals surface area contributed by atoms with Crippen LogP contribution in [0.2, 0.25) is 0 Å². The highest BCUT2D eigenvalue weighted by atomic mass is 19.2. The van der Waals surface area contributed by atoms with Crippen LogP contribution in [0.4, 0.5) is 13.2 Å². The molecule has 2 unspecified atom stereocenters. The number of benzene rings is 2. The lowest BCUT2D eigenvalue weighted by molar-refractivity contribution is 0.199. The first-order valence-electron chi connectivity index (χ1n) is 10.2. The minimum Gasteiger partial charge on any atom is -0.389 e. The van der Waals surface area contributed by atoms with Crippen molar-refractivity contribution in [1.29, 1.82) is 0 Å². The number of allylic oxidation sites excluding steroid dienone is 1. The predicted octanol–water partition coefficient (Wildman–Crippen LogP) is 6.22. The Labute approximate surface area is 169 Å². The molecule has 1 saturated heterocycles. The monoisotopic (exact) mass is 402 g/mol. The van der Waals surface area contributed by atoms with E-state index in [1.807, 2.05) is 6.08 Å². The fourth-order valence-corrected chi connectivity index (χ4v) is 4.17. The minimum atomic E-state index is -0.775. The maximum atomic E-state index is 14.5. The Morgan fingerprint density at radius 1 is 1.00 bits per heavy atom. The molecule has 0 spiro atoms. The smallest absolute Gasteiger partial charge is 0.165 e. The molecule has 2 nitrogen and oxygen atoms in total. The topological polar surface area (TPSA) is 32.8 Å². The van der Waals surface area contributed by atoms with E-state index in [0.29, 0.717) is 28.9 Å². The van der Waals surface area contributed by atoms with E-state index in [9.17, 15) is 18.3 Å². The van der Waals surface area contributed by atoms with Gasteiger partial charge in [0, 0.05) is 11.1 Å². The van der Waals surface area contributed by atoms with Gasteiger partial charge in [0.1, 0.15) is 11.9 Å². The molecule has 4 rings (SSSR count). The van der Waals surface area contributed by atoms with Crippen LogP contribution in [-0.2, 0) is 4.74 Å². The molecular weight excluding hydrogens is 377 g/mol. The highest BCUT2D eigenvalue weighted by molar-refractivity contribution is 5.51. The van der Waals surface area contributed by atoms with Gasteiger partial charge in [0.25, 0.3) is 0 Å². The Morgan fingerprint density at radius 3 is 2.28 bits per heavy atom. The van der Waals surface area contributed by atoms with E-state index in [2.05, 4.69) is 0 Å². The van der Waals surface area contributed by atoms with Crippen LogP contribution in [0.5, 0.6) is 0 Å². The normalized spacial score (nSPS) is 25.3. The zero-order chi connectivity index (χ0) is 20.5. The van der Waals surface area contributed by atoms with E-state index in [1.54, 1.807) is 37.3 Å². The van der Waals surface area contributed by atoms with Gasteiger partial charge < -0.3 is 9.84 Å². The molecule has 0 bridgehead atoms. The standard InChI is InChI=1S/C24H25F3O2/c1-14(28)18-9-8-17(21(25)12-18)7-4-15-2-5-16(6-3-15)19-10-11-20(22-13-29-22)24(27)23(19)26/h4,7-12,14-16,22,28H,2-3,5-6,13H2,1H3/b7-4+. The summed E-state index contributed by atoms with van der Waals surface area (Å²) in [5.41, 5.74) is 1.80. The van der Waals surface area contributed by atoms with Gasteiger partial charge in [-0.25, -0.2) is 13.2 Å². The van der Waals surface area contributed by atoms with Crippen molar-refractivity contribution in [3.05, 3.63) is 76.1 Å². The van der Waals surface area contributed by atoms with E-state index in [4.69, 9.17) is 4.74 Å². The average Bonchev–Trinajstić information content (AvgIpc) is 3.54. The summed E-state index contributed by atoms with van der Waals surface area (Å²) in [6.07, 6.45) is 6.02. The van der Waals surface area contributed by atoms with Crippen molar-refractivity contribution in [2.45, 2.75) is 50.7 Å². The van der Waals surface area contributed by atoms with Crippen molar-refractivity contribution < 1.29 is 23.0 Å². The number of halogens is 3. The van der Waals surface area contributed by atoms with Crippen LogP contribution in [0.15, 0.2) is 36.4 Å². The number of hydrogen-bond acceptors (Lipinski definition) is 2. The van der Waals surface area contributed by atoms with Crippen LogP contribution < -0.4 is 0 Å². The minimum absolute atomic E-state index is 0.00498. The van der Waals surface area contributed by atoms with Gasteiger partial charge in [0.15, 0.2) is 11.6 Å². The average molecular weight is 402 g/mol. The lowest BCUT2D eigenvalue weighted by atomic mass is 9.78. The number of hydrogen-bond donors (Lipinski definition) is 1. The highest BCUT2D eigenvalue weighted by Gasteiger charge is 2.32. The van der Waals surface area contributed by atoms with Gasteiger partial charge in [-0.3, -0.25) is 0 Å². The Balaban J connectivity index is 1.39. The quantitative estimate of drug-likeness (QED) is 0.603. The Bertz CT molecular complexity index is 911. The van der Waals surface area contributed by atoms with Crippen LogP contribution in [0, 0.1) is 23.4 Å². The summed E-state index contributed by atoms with van der Waals surface area (Å²) < 4.78 is 48.1. The summed E-state index contributed by atoms with van der Waals surface area (Å²) in [6.45, 7) is 2.06. The summed E-state index contributed by atoms with van der Waals surface area (Å²) in [6, 6.07) is 8.10. The molecule has 1 heterocycles. The molecule has 1 aliphatic carbocycles. The summed E-state index contributed by atoms with van der Waals surface area (Å²) in [4.78, 5) is 0. The third-order valence-corrected chi connectivity index (χ3v) is 6.09. The Morgan fingerprint density at radius 2 is 1.66 bits per heavy atom. The maximum absolute atomic E-state index is 14.5. The van der Waals surface area contributed by atoms with Crippen LogP contribution in [-0.4, -0.2) is 11.7 Å². The van der Waals surface area contributed by atoms with Crippen molar-refractivity contribution >= 4 is 6.08 Å². The zero-order valence-electron chi connectivity index (χ0n) is 16.4. The fourth-order valence-electron chi connectivity index (χ4n) is 4.17. The fraction of sp³-hybridized carbons (Fsp3) is 0.417. The van der Waals surface area contributed by atoms with Gasteiger partial charge >= 0.3 is 0 Å². The summed E-state index contributed by atoms with van der Waals surface area (Å²) in [5, 5.41) is 9.53. The second-order valence-corrected chi connectivity index (χ2v) is 8.12. The largest absolute Gasteiger partial charge is 0.389 e. The highest BCUT2D eigenvalue weighted by Crippen LogP contribution is 2.40. The molecule has 29 heavy (non-hydrogen) atoms. The molecule has 0 aromatic heterocycles. The van der Waals surface area contributed by atoms with Crippen molar-refractivity contribution in [2.75, 3.05) is 6.61 Å². The lowest BCUT2D eigenvalue weighted by Gasteiger charge is -2.27. The van der Waals surface area contributed by atoms with Crippen molar-refractivity contribution in [1.82, 2.24) is 0 Å². The maximum Gasteiger partial charge on any atom is 0.165 e. The van der Waals surface area contributed by atoms with Gasteiger partial charge in [-0.1, -0.05) is 36.4 Å². The third kappa shape index (κ3) is 4.41. The lowest BCUT2D eigenvalue weighted by Crippen LogP contribution is -2.14. The van der Waals surface area contributed by atoms with Crippen LogP contribution in [0.3, 0.4) is 0 Å². The number of aliphatic hydroxyl groups is 1. The molecule has 1 aliphatic heterocycles. The van der Waals surface area contributed by atoms with Gasteiger partial charge in [-0.2, -0.15) is 0 Å². The zero-order valence-corrected chi connectivity index (χ0v) is 16.4. The van der Waals surface area contributed by atoms with E-state index in [1.165, 1.54) is 6.07 Å². The second-order valence-electron chi connectivity index (χ2n) is 8.12. The molecule has 0 amide bonds.